The van der Waals surface area contributed by atoms with Crippen LogP contribution in [0.2, 0.25) is 0 Å². The zero-order valence-corrected chi connectivity index (χ0v) is 35.5. The third-order valence-electron chi connectivity index (χ3n) is 12.1. The molecule has 6 rings (SSSR count). The minimum atomic E-state index is -1.49. The summed E-state index contributed by atoms with van der Waals surface area (Å²) in [7, 11) is 1.54. The third kappa shape index (κ3) is 11.4. The van der Waals surface area contributed by atoms with Crippen molar-refractivity contribution in [3.63, 3.8) is 0 Å². The smallest absolute Gasteiger partial charge is 0.329 e. The number of esters is 1. The summed E-state index contributed by atoms with van der Waals surface area (Å²) in [5.41, 5.74) is 1.24. The SMILES string of the molecule is C[C@@H]1C[C@H]2C(=O)O[C@@H](C)[C@H](NC(=O)[C@H](Cc3ccccc3)NC(=O)Nc3ccccc3)C(=O)N3CCC[C@H]3C(=O)N(C)[C@@H](CCCN3CCOCC3)C(=O)N[C@@H](C)C(=O)N2C1. The molecule has 0 spiro atoms. The quantitative estimate of drug-likeness (QED) is 0.255. The Hall–Kier alpha value is -5.55. The average Bonchev–Trinajstić information content (AvgIpc) is 3.91. The van der Waals surface area contributed by atoms with E-state index in [2.05, 4.69) is 26.2 Å². The minimum absolute atomic E-state index is 0.0593. The van der Waals surface area contributed by atoms with Crippen molar-refractivity contribution in [2.45, 2.75) is 102 Å². The van der Waals surface area contributed by atoms with Gasteiger partial charge >= 0.3 is 12.0 Å². The predicted molar refractivity (Wildman–Crippen MR) is 225 cm³/mol. The lowest BCUT2D eigenvalue weighted by Gasteiger charge is -2.37. The van der Waals surface area contributed by atoms with Crippen LogP contribution in [0.15, 0.2) is 60.7 Å². The molecule has 2 aromatic carbocycles. The molecule has 0 saturated carbocycles. The molecule has 17 heteroatoms. The van der Waals surface area contributed by atoms with E-state index in [1.165, 1.54) is 21.6 Å². The number of nitrogens with one attached hydrogen (secondary N) is 4. The Morgan fingerprint density at radius 1 is 0.852 bits per heavy atom. The number of ether oxygens (including phenoxy) is 2. The molecule has 61 heavy (non-hydrogen) atoms. The summed E-state index contributed by atoms with van der Waals surface area (Å²) in [5.74, 6) is -3.68. The number of nitrogens with zero attached hydrogens (tertiary/aromatic N) is 4. The number of urea groups is 1. The molecule has 4 heterocycles. The molecule has 4 saturated heterocycles. The number of morpholine rings is 1. The summed E-state index contributed by atoms with van der Waals surface area (Å²) in [6.07, 6.45) is 0.730. The van der Waals surface area contributed by atoms with Gasteiger partial charge in [-0.3, -0.25) is 28.9 Å². The van der Waals surface area contributed by atoms with E-state index in [0.29, 0.717) is 51.1 Å². The van der Waals surface area contributed by atoms with E-state index in [1.54, 1.807) is 56.4 Å². The van der Waals surface area contributed by atoms with Crippen LogP contribution in [0.4, 0.5) is 10.5 Å². The molecule has 4 fully saturated rings. The first-order valence-electron chi connectivity index (χ1n) is 21.5. The van der Waals surface area contributed by atoms with Crippen molar-refractivity contribution in [3.05, 3.63) is 66.2 Å². The number of hydrogen-bond donors (Lipinski definition) is 4. The minimum Gasteiger partial charge on any atom is -0.458 e. The Bertz CT molecular complexity index is 1880. The highest BCUT2D eigenvalue weighted by molar-refractivity contribution is 5.98. The van der Waals surface area contributed by atoms with E-state index in [9.17, 15) is 33.6 Å². The summed E-state index contributed by atoms with van der Waals surface area (Å²) in [5, 5.41) is 11.1. The van der Waals surface area contributed by atoms with E-state index < -0.39 is 83.9 Å². The molecule has 4 aliphatic rings. The zero-order valence-electron chi connectivity index (χ0n) is 35.5. The second kappa shape index (κ2) is 20.8. The van der Waals surface area contributed by atoms with Crippen LogP contribution in [0.1, 0.15) is 58.4 Å². The molecule has 0 aliphatic carbocycles. The molecule has 0 aromatic heterocycles. The van der Waals surface area contributed by atoms with Gasteiger partial charge in [-0.05, 0) is 76.1 Å². The van der Waals surface area contributed by atoms with Crippen molar-refractivity contribution in [1.29, 1.82) is 0 Å². The van der Waals surface area contributed by atoms with Crippen LogP contribution in [0.25, 0.3) is 0 Å². The summed E-state index contributed by atoms with van der Waals surface area (Å²) >= 11 is 0. The number of fused-ring (bicyclic) bond motifs is 2. The Morgan fingerprint density at radius 2 is 1.54 bits per heavy atom. The van der Waals surface area contributed by atoms with Gasteiger partial charge in [-0.15, -0.1) is 0 Å². The van der Waals surface area contributed by atoms with Gasteiger partial charge in [0.25, 0.3) is 0 Å². The number of amides is 7. The fourth-order valence-electron chi connectivity index (χ4n) is 8.69. The Labute approximate surface area is 357 Å². The van der Waals surface area contributed by atoms with E-state index in [4.69, 9.17) is 9.47 Å². The number of carbonyl (C=O) groups is 7. The van der Waals surface area contributed by atoms with Crippen molar-refractivity contribution in [1.82, 2.24) is 35.6 Å². The van der Waals surface area contributed by atoms with Crippen LogP contribution < -0.4 is 21.3 Å². The van der Waals surface area contributed by atoms with Gasteiger partial charge in [-0.2, -0.15) is 0 Å². The number of para-hydroxylation sites is 1. The number of rotatable bonds is 10. The van der Waals surface area contributed by atoms with Gasteiger partial charge in [0, 0.05) is 45.3 Å². The molecule has 4 N–H and O–H groups in total. The fourth-order valence-corrected chi connectivity index (χ4v) is 8.69. The largest absolute Gasteiger partial charge is 0.458 e. The highest BCUT2D eigenvalue weighted by Gasteiger charge is 2.46. The molecule has 8 atom stereocenters. The van der Waals surface area contributed by atoms with Gasteiger partial charge in [0.15, 0.2) is 0 Å². The third-order valence-corrected chi connectivity index (χ3v) is 12.1. The molecule has 0 bridgehead atoms. The summed E-state index contributed by atoms with van der Waals surface area (Å²) in [6, 6.07) is 10.5. The Balaban J connectivity index is 1.30. The van der Waals surface area contributed by atoms with Crippen LogP contribution in [0.3, 0.4) is 0 Å². The molecular formula is C44H60N8O9. The number of carbonyl (C=O) groups excluding carboxylic acids is 7. The van der Waals surface area contributed by atoms with Crippen molar-refractivity contribution < 1.29 is 43.0 Å². The van der Waals surface area contributed by atoms with E-state index >= 15 is 0 Å². The first-order valence-corrected chi connectivity index (χ1v) is 21.5. The highest BCUT2D eigenvalue weighted by Crippen LogP contribution is 2.27. The average molecular weight is 845 g/mol. The lowest BCUT2D eigenvalue weighted by molar-refractivity contribution is -0.162. The van der Waals surface area contributed by atoms with Crippen LogP contribution in [-0.2, 0) is 44.7 Å². The molecule has 0 radical (unpaired) electrons. The van der Waals surface area contributed by atoms with E-state index in [0.717, 1.165) is 18.7 Å². The molecule has 0 unspecified atom stereocenters. The summed E-state index contributed by atoms with van der Waals surface area (Å²) in [4.78, 5) is 106. The highest BCUT2D eigenvalue weighted by atomic mass is 16.5. The molecule has 330 valence electrons. The standard InChI is InChI=1S/C44H60N8O9/c1-28-25-36-43(58)61-30(3)37(48-38(53)33(26-31-13-7-5-8-14-31)47-44(59)46-32-15-9-6-10-16-32)42(57)51-20-12-18-35(51)41(56)49(4)34(17-11-19-50-21-23-60-24-22-50)39(54)45-29(2)40(55)52(36)27-28/h5-10,13-16,28-30,33-37H,11-12,17-27H2,1-4H3,(H,45,54)(H,48,53)(H2,46,47,59)/t28-,29+,30+,33+,34+,35+,36+,37+/m1/s1. The van der Waals surface area contributed by atoms with Gasteiger partial charge in [0.1, 0.15) is 42.4 Å². The topological polar surface area (TPSA) is 199 Å². The maximum Gasteiger partial charge on any atom is 0.329 e. The number of cyclic esters (lactones) is 1. The molecule has 2 aromatic rings. The van der Waals surface area contributed by atoms with Crippen LogP contribution in [-0.4, -0.2) is 156 Å². The molecule has 4 aliphatic heterocycles. The van der Waals surface area contributed by atoms with Gasteiger partial charge in [0.05, 0.1) is 13.2 Å². The fraction of sp³-hybridized carbons (Fsp3) is 0.568. The Kier molecular flexibility index (Phi) is 15.4. The van der Waals surface area contributed by atoms with Crippen molar-refractivity contribution in [3.8, 4) is 0 Å². The van der Waals surface area contributed by atoms with E-state index in [1.807, 2.05) is 25.1 Å². The van der Waals surface area contributed by atoms with Crippen LogP contribution in [0.5, 0.6) is 0 Å². The zero-order chi connectivity index (χ0) is 43.6. The second-order valence-corrected chi connectivity index (χ2v) is 16.7. The molecule has 7 amide bonds. The van der Waals surface area contributed by atoms with Gasteiger partial charge in [-0.1, -0.05) is 55.5 Å². The summed E-state index contributed by atoms with van der Waals surface area (Å²) < 4.78 is 11.5. The first kappa shape index (κ1) is 45.0. The number of benzene rings is 2. The number of likely N-dealkylation sites (N-methyl/N-ethyl adjacent to an activating group) is 1. The first-order chi connectivity index (χ1) is 29.3. The summed E-state index contributed by atoms with van der Waals surface area (Å²) in [6.45, 7) is 8.80. The van der Waals surface area contributed by atoms with Gasteiger partial charge in [-0.25, -0.2) is 9.59 Å². The van der Waals surface area contributed by atoms with E-state index in [-0.39, 0.29) is 31.8 Å². The second-order valence-electron chi connectivity index (χ2n) is 16.7. The van der Waals surface area contributed by atoms with Crippen LogP contribution >= 0.6 is 0 Å². The maximum absolute atomic E-state index is 14.8. The maximum atomic E-state index is 14.8. The number of anilines is 1. The monoisotopic (exact) mass is 844 g/mol. The van der Waals surface area contributed by atoms with Crippen molar-refractivity contribution in [2.24, 2.45) is 5.92 Å². The normalized spacial score (nSPS) is 27.4. The lowest BCUT2D eigenvalue weighted by atomic mass is 10.0. The lowest BCUT2D eigenvalue weighted by Crippen LogP contribution is -2.62. The van der Waals surface area contributed by atoms with Crippen LogP contribution in [0, 0.1) is 5.92 Å². The molecule has 17 nitrogen and oxygen atoms in total. The van der Waals surface area contributed by atoms with Crippen molar-refractivity contribution >= 4 is 47.2 Å². The van der Waals surface area contributed by atoms with Crippen molar-refractivity contribution in [2.75, 3.05) is 58.3 Å². The Morgan fingerprint density at radius 3 is 2.25 bits per heavy atom. The molecular weight excluding hydrogens is 785 g/mol. The van der Waals surface area contributed by atoms with Gasteiger partial charge in [0.2, 0.25) is 29.5 Å². The van der Waals surface area contributed by atoms with Gasteiger partial charge < -0.3 is 45.4 Å². The predicted octanol–water partition coefficient (Wildman–Crippen LogP) is 1.52. The number of hydrogen-bond acceptors (Lipinski definition) is 10.